The van der Waals surface area contributed by atoms with Crippen molar-refractivity contribution in [2.75, 3.05) is 5.32 Å². The lowest BCUT2D eigenvalue weighted by molar-refractivity contribution is -0.0498. The first-order valence-corrected chi connectivity index (χ1v) is 10.9. The van der Waals surface area contributed by atoms with Crippen LogP contribution in [0.1, 0.15) is 27.4 Å². The first-order chi connectivity index (χ1) is 15.9. The van der Waals surface area contributed by atoms with Crippen LogP contribution in [-0.2, 0) is 6.61 Å². The molecule has 0 atom stereocenters. The molecule has 0 saturated carbocycles. The molecule has 170 valence electrons. The summed E-state index contributed by atoms with van der Waals surface area (Å²) < 4.78 is 40.2. The highest BCUT2D eigenvalue weighted by Gasteiger charge is 2.15. The molecule has 0 spiro atoms. The quantitative estimate of drug-likeness (QED) is 0.320. The highest BCUT2D eigenvalue weighted by atomic mass is 32.1. The molecule has 0 aliphatic rings. The summed E-state index contributed by atoms with van der Waals surface area (Å²) in [7, 11) is 0. The van der Waals surface area contributed by atoms with Crippen molar-refractivity contribution in [1.29, 1.82) is 0 Å². The van der Waals surface area contributed by atoms with E-state index in [0.29, 0.717) is 22.1 Å². The molecule has 4 rings (SSSR count). The summed E-state index contributed by atoms with van der Waals surface area (Å²) in [6.45, 7) is 1.36. The first-order valence-electron chi connectivity index (χ1n) is 9.98. The Bertz CT molecular complexity index is 1250. The lowest BCUT2D eigenvalue weighted by atomic mass is 10.1. The minimum Gasteiger partial charge on any atom is -0.486 e. The fraction of sp³-hybridized carbons (Fsp3) is 0.167. The molecule has 2 aromatic carbocycles. The zero-order valence-corrected chi connectivity index (χ0v) is 18.6. The van der Waals surface area contributed by atoms with Crippen molar-refractivity contribution >= 4 is 22.4 Å². The van der Waals surface area contributed by atoms with Crippen molar-refractivity contribution in [3.63, 3.8) is 0 Å². The number of thiazole rings is 1. The number of nitrogens with zero attached hydrogens (tertiary/aromatic N) is 1. The van der Waals surface area contributed by atoms with Crippen LogP contribution in [0.5, 0.6) is 11.5 Å². The number of hydrogen-bond donors (Lipinski definition) is 1. The summed E-state index contributed by atoms with van der Waals surface area (Å²) in [5.74, 6) is 1.01. The van der Waals surface area contributed by atoms with Crippen LogP contribution in [-0.4, -0.2) is 17.5 Å². The minimum absolute atomic E-state index is 0.0626. The summed E-state index contributed by atoms with van der Waals surface area (Å²) in [6, 6.07) is 15.2. The number of nitrogens with one attached hydrogen (secondary N) is 1. The molecule has 0 unspecified atom stereocenters. The van der Waals surface area contributed by atoms with Gasteiger partial charge in [-0.3, -0.25) is 10.1 Å². The molecule has 1 N–H and O–H groups in total. The van der Waals surface area contributed by atoms with Crippen molar-refractivity contribution in [3.8, 4) is 22.8 Å². The number of rotatable bonds is 8. The van der Waals surface area contributed by atoms with E-state index in [1.807, 2.05) is 32.0 Å². The van der Waals surface area contributed by atoms with E-state index in [4.69, 9.17) is 9.15 Å². The lowest BCUT2D eigenvalue weighted by Crippen LogP contribution is -2.10. The van der Waals surface area contributed by atoms with E-state index in [-0.39, 0.29) is 18.1 Å². The summed E-state index contributed by atoms with van der Waals surface area (Å²) >= 11 is 1.24. The molecule has 0 aliphatic heterocycles. The second kappa shape index (κ2) is 9.83. The van der Waals surface area contributed by atoms with Gasteiger partial charge in [-0.15, -0.1) is 11.3 Å². The number of aryl methyl sites for hydroxylation is 2. The van der Waals surface area contributed by atoms with E-state index in [9.17, 15) is 13.6 Å². The van der Waals surface area contributed by atoms with Crippen LogP contribution < -0.4 is 14.8 Å². The maximum Gasteiger partial charge on any atom is 0.387 e. The van der Waals surface area contributed by atoms with Gasteiger partial charge in [0.25, 0.3) is 5.91 Å². The van der Waals surface area contributed by atoms with Crippen molar-refractivity contribution in [3.05, 3.63) is 82.6 Å². The van der Waals surface area contributed by atoms with Gasteiger partial charge in [0.2, 0.25) is 0 Å². The summed E-state index contributed by atoms with van der Waals surface area (Å²) in [5.41, 5.74) is 3.62. The third-order valence-corrected chi connectivity index (χ3v) is 5.60. The molecule has 0 aliphatic carbocycles. The minimum atomic E-state index is -2.88. The molecule has 0 saturated heterocycles. The van der Waals surface area contributed by atoms with Gasteiger partial charge in [0, 0.05) is 10.9 Å². The van der Waals surface area contributed by atoms with E-state index >= 15 is 0 Å². The van der Waals surface area contributed by atoms with Gasteiger partial charge in [-0.1, -0.05) is 6.07 Å². The predicted molar refractivity (Wildman–Crippen MR) is 121 cm³/mol. The topological polar surface area (TPSA) is 73.6 Å². The van der Waals surface area contributed by atoms with Gasteiger partial charge in [0.15, 0.2) is 10.9 Å². The average molecular weight is 470 g/mol. The number of carbonyl (C=O) groups excluding carboxylic acids is 1. The molecule has 2 heterocycles. The molecule has 33 heavy (non-hydrogen) atoms. The second-order valence-electron chi connectivity index (χ2n) is 7.20. The Morgan fingerprint density at radius 2 is 1.82 bits per heavy atom. The smallest absolute Gasteiger partial charge is 0.387 e. The summed E-state index contributed by atoms with van der Waals surface area (Å²) in [4.78, 5) is 16.9. The van der Waals surface area contributed by atoms with Gasteiger partial charge in [0.1, 0.15) is 23.9 Å². The molecular formula is C24H20F2N2O4S. The third kappa shape index (κ3) is 5.75. The molecule has 4 aromatic rings. The molecular weight excluding hydrogens is 450 g/mol. The van der Waals surface area contributed by atoms with E-state index in [1.165, 1.54) is 29.0 Å². The molecule has 6 nitrogen and oxygen atoms in total. The lowest BCUT2D eigenvalue weighted by Gasteiger charge is -2.06. The van der Waals surface area contributed by atoms with Crippen LogP contribution in [0.15, 0.2) is 64.4 Å². The fourth-order valence-corrected chi connectivity index (χ4v) is 3.68. The average Bonchev–Trinajstić information content (AvgIpc) is 3.45. The van der Waals surface area contributed by atoms with Gasteiger partial charge in [-0.2, -0.15) is 8.78 Å². The number of hydrogen-bond acceptors (Lipinski definition) is 6. The van der Waals surface area contributed by atoms with Gasteiger partial charge in [-0.25, -0.2) is 4.98 Å². The van der Waals surface area contributed by atoms with Gasteiger partial charge >= 0.3 is 6.61 Å². The highest BCUT2D eigenvalue weighted by molar-refractivity contribution is 7.14. The van der Waals surface area contributed by atoms with Crippen molar-refractivity contribution in [2.24, 2.45) is 0 Å². The number of ether oxygens (including phenoxy) is 2. The van der Waals surface area contributed by atoms with E-state index in [1.54, 1.807) is 29.6 Å². The summed E-state index contributed by atoms with van der Waals surface area (Å²) in [5, 5.41) is 4.83. The Kier molecular flexibility index (Phi) is 6.69. The van der Waals surface area contributed by atoms with Crippen molar-refractivity contribution in [1.82, 2.24) is 4.98 Å². The SMILES string of the molecule is Cc1ccc(OCc2ccc(C(=O)Nc3nc(-c4ccc(OC(F)F)cc4)cs3)o2)cc1C. The zero-order valence-electron chi connectivity index (χ0n) is 17.8. The van der Waals surface area contributed by atoms with Crippen LogP contribution in [0.25, 0.3) is 11.3 Å². The van der Waals surface area contributed by atoms with Gasteiger partial charge in [-0.05, 0) is 73.5 Å². The van der Waals surface area contributed by atoms with Crippen LogP contribution in [0.4, 0.5) is 13.9 Å². The number of aromatic nitrogens is 1. The van der Waals surface area contributed by atoms with Crippen LogP contribution in [0.3, 0.4) is 0 Å². The van der Waals surface area contributed by atoms with E-state index in [2.05, 4.69) is 15.0 Å². The normalized spacial score (nSPS) is 10.9. The zero-order chi connectivity index (χ0) is 23.4. The van der Waals surface area contributed by atoms with Crippen molar-refractivity contribution in [2.45, 2.75) is 27.1 Å². The van der Waals surface area contributed by atoms with Gasteiger partial charge < -0.3 is 13.9 Å². The van der Waals surface area contributed by atoms with Crippen molar-refractivity contribution < 1.29 is 27.5 Å². The summed E-state index contributed by atoms with van der Waals surface area (Å²) in [6.07, 6.45) is 0. The Labute approximate surface area is 192 Å². The highest BCUT2D eigenvalue weighted by Crippen LogP contribution is 2.27. The van der Waals surface area contributed by atoms with Crippen LogP contribution >= 0.6 is 11.3 Å². The maximum absolute atomic E-state index is 12.5. The number of halogens is 2. The van der Waals surface area contributed by atoms with E-state index < -0.39 is 12.5 Å². The second-order valence-corrected chi connectivity index (χ2v) is 8.05. The number of alkyl halides is 2. The monoisotopic (exact) mass is 470 g/mol. The molecule has 0 fully saturated rings. The molecule has 0 radical (unpaired) electrons. The third-order valence-electron chi connectivity index (χ3n) is 4.84. The first kappa shape index (κ1) is 22.5. The van der Waals surface area contributed by atoms with Crippen LogP contribution in [0, 0.1) is 13.8 Å². The molecule has 9 heteroatoms. The number of amides is 1. The van der Waals surface area contributed by atoms with E-state index in [0.717, 1.165) is 11.3 Å². The van der Waals surface area contributed by atoms with Crippen LogP contribution in [0.2, 0.25) is 0 Å². The number of anilines is 1. The van der Waals surface area contributed by atoms with Gasteiger partial charge in [0.05, 0.1) is 5.69 Å². The largest absolute Gasteiger partial charge is 0.486 e. The Morgan fingerprint density at radius 1 is 1.06 bits per heavy atom. The molecule has 2 aromatic heterocycles. The maximum atomic E-state index is 12.5. The standard InChI is InChI=1S/C24H20F2N2O4S/c1-14-3-6-18(11-15(14)2)30-12-19-9-10-21(31-19)22(29)28-24-27-20(13-33-24)16-4-7-17(8-5-16)32-23(25)26/h3-11,13,23H,12H2,1-2H3,(H,27,28,29). The Hall–Kier alpha value is -3.72. The Morgan fingerprint density at radius 3 is 2.55 bits per heavy atom. The fourth-order valence-electron chi connectivity index (χ4n) is 2.97. The number of furan rings is 1. The molecule has 1 amide bonds. The predicted octanol–water partition coefficient (Wildman–Crippen LogP) is 6.45. The Balaban J connectivity index is 1.35. The molecule has 0 bridgehead atoms. The number of carbonyl (C=O) groups is 1. The number of benzene rings is 2.